The van der Waals surface area contributed by atoms with E-state index in [4.69, 9.17) is 23.3 Å². The number of hydrogen-bond acceptors (Lipinski definition) is 7. The van der Waals surface area contributed by atoms with Gasteiger partial charge in [0.15, 0.2) is 11.0 Å². The molecule has 10 nitrogen and oxygen atoms in total. The van der Waals surface area contributed by atoms with E-state index in [1.807, 2.05) is 24.3 Å². The second kappa shape index (κ2) is 7.74. The number of halogens is 1. The highest BCUT2D eigenvalue weighted by Crippen LogP contribution is 2.29. The van der Waals surface area contributed by atoms with Crippen molar-refractivity contribution in [2.24, 2.45) is 26.9 Å². The molecule has 4 rings (SSSR count). The molecule has 1 aromatic heterocycles. The zero-order valence-corrected chi connectivity index (χ0v) is 16.2. The van der Waals surface area contributed by atoms with Crippen LogP contribution < -0.4 is 27.4 Å². The number of rotatable bonds is 0. The summed E-state index contributed by atoms with van der Waals surface area (Å²) in [5, 5.41) is 14.9. The molecule has 3 aromatic rings. The van der Waals surface area contributed by atoms with E-state index < -0.39 is 10.0 Å². The second-order valence-electron chi connectivity index (χ2n) is 5.67. The Balaban J connectivity index is 0.000000161. The molecule has 7 N–H and O–H groups in total. The summed E-state index contributed by atoms with van der Waals surface area (Å²) < 4.78 is 25.5. The van der Waals surface area contributed by atoms with Gasteiger partial charge < -0.3 is 11.7 Å². The van der Waals surface area contributed by atoms with Crippen molar-refractivity contribution in [1.29, 1.82) is 0 Å². The molecular weight excluding hydrogens is 404 g/mol. The quantitative estimate of drug-likeness (QED) is 0.267. The van der Waals surface area contributed by atoms with Crippen molar-refractivity contribution in [2.45, 2.75) is 11.8 Å². The maximum atomic E-state index is 11.6. The van der Waals surface area contributed by atoms with Crippen LogP contribution in [0, 0.1) is 0 Å². The summed E-state index contributed by atoms with van der Waals surface area (Å²) in [6.07, 6.45) is 0. The molecule has 2 heterocycles. The molecule has 0 fully saturated rings. The fraction of sp³-hybridized carbons (Fsp3) is 0.0625. The van der Waals surface area contributed by atoms with Gasteiger partial charge in [0.25, 0.3) is 10.0 Å². The molecule has 12 heteroatoms. The topological polar surface area (TPSA) is 167 Å². The number of nitrogens with zero attached hydrogens (tertiary/aromatic N) is 3. The van der Waals surface area contributed by atoms with Crippen LogP contribution >= 0.6 is 11.6 Å². The van der Waals surface area contributed by atoms with E-state index >= 15 is 0 Å². The number of fused-ring (bicyclic) bond motifs is 2. The van der Waals surface area contributed by atoms with Crippen molar-refractivity contribution >= 4 is 43.9 Å². The molecule has 2 aromatic carbocycles. The van der Waals surface area contributed by atoms with Gasteiger partial charge in [0.2, 0.25) is 0 Å². The van der Waals surface area contributed by atoms with Crippen molar-refractivity contribution in [2.75, 3.05) is 0 Å². The molecule has 0 saturated heterocycles. The number of nitrogens with one attached hydrogen (secondary N) is 3. The zero-order valence-electron chi connectivity index (χ0n) is 14.6. The predicted octanol–water partition coefficient (Wildman–Crippen LogP) is 0.727. The average molecular weight is 421 g/mol. The Morgan fingerprint density at radius 1 is 1.00 bits per heavy atom. The molecular formula is C16H17ClN8O2S. The SMILES string of the molecule is CC1=Nc2ccc(Cl)cc2S(=O)(=O)N1.NN=c1[nH][nH]c(=NN)c2ccccc12. The monoisotopic (exact) mass is 420 g/mol. The lowest BCUT2D eigenvalue weighted by molar-refractivity contribution is 0.591. The standard InChI is InChI=1S/C8H7ClN2O2S.C8H10N6/c1-5-10-7-3-2-6(9)4-8(7)14(12,13)11-5;9-11-7-5-3-1-2-4-6(5)8(12-10)14-13-7/h2-4H,1H3,(H,10,11);1-4H,9-10H2,(H,11,13)(H,12,14). The minimum absolute atomic E-state index is 0.121. The first-order valence-corrected chi connectivity index (χ1v) is 9.77. The number of aliphatic imine (C=N–C) groups is 1. The summed E-state index contributed by atoms with van der Waals surface area (Å²) in [4.78, 5) is 4.17. The summed E-state index contributed by atoms with van der Waals surface area (Å²) in [7, 11) is -3.48. The largest absolute Gasteiger partial charge is 0.321 e. The fourth-order valence-electron chi connectivity index (χ4n) is 2.60. The highest BCUT2D eigenvalue weighted by molar-refractivity contribution is 7.90. The van der Waals surface area contributed by atoms with Crippen molar-refractivity contribution in [3.05, 3.63) is 58.5 Å². The molecule has 0 aliphatic carbocycles. The van der Waals surface area contributed by atoms with E-state index in [0.717, 1.165) is 10.8 Å². The molecule has 28 heavy (non-hydrogen) atoms. The highest BCUT2D eigenvalue weighted by atomic mass is 35.5. The predicted molar refractivity (Wildman–Crippen MR) is 107 cm³/mol. The molecule has 0 atom stereocenters. The van der Waals surface area contributed by atoms with Crippen LogP contribution in [0.3, 0.4) is 0 Å². The van der Waals surface area contributed by atoms with Crippen LogP contribution in [0.2, 0.25) is 5.02 Å². The maximum Gasteiger partial charge on any atom is 0.265 e. The van der Waals surface area contributed by atoms with E-state index in [1.54, 1.807) is 19.1 Å². The van der Waals surface area contributed by atoms with Crippen LogP contribution in [0.15, 0.2) is 62.6 Å². The second-order valence-corrected chi connectivity index (χ2v) is 7.75. The molecule has 0 amide bonds. The van der Waals surface area contributed by atoms with E-state index in [-0.39, 0.29) is 4.90 Å². The number of aromatic amines is 2. The lowest BCUT2D eigenvalue weighted by Crippen LogP contribution is -2.31. The van der Waals surface area contributed by atoms with Gasteiger partial charge >= 0.3 is 0 Å². The Morgan fingerprint density at radius 2 is 1.57 bits per heavy atom. The first-order chi connectivity index (χ1) is 13.4. The smallest absolute Gasteiger partial charge is 0.265 e. The molecule has 0 saturated carbocycles. The number of sulfonamides is 1. The normalized spacial score (nSPS) is 15.9. The third-order valence-electron chi connectivity index (χ3n) is 3.78. The maximum absolute atomic E-state index is 11.6. The highest BCUT2D eigenvalue weighted by Gasteiger charge is 2.23. The number of benzene rings is 2. The third kappa shape index (κ3) is 3.85. The van der Waals surface area contributed by atoms with Gasteiger partial charge in [-0.2, -0.15) is 10.2 Å². The van der Waals surface area contributed by atoms with E-state index in [9.17, 15) is 8.42 Å². The van der Waals surface area contributed by atoms with Crippen LogP contribution in [0.5, 0.6) is 0 Å². The Labute approximate surface area is 164 Å². The number of aromatic nitrogens is 2. The fourth-order valence-corrected chi connectivity index (χ4v) is 4.05. The molecule has 0 spiro atoms. The Bertz CT molecular complexity index is 1260. The number of nitrogens with two attached hydrogens (primary N) is 2. The van der Waals surface area contributed by atoms with Crippen LogP contribution in [0.4, 0.5) is 5.69 Å². The number of hydrogen-bond donors (Lipinski definition) is 5. The number of H-pyrrole nitrogens is 2. The summed E-state index contributed by atoms with van der Waals surface area (Å²) in [6.45, 7) is 1.59. The average Bonchev–Trinajstić information content (AvgIpc) is 2.67. The third-order valence-corrected chi connectivity index (χ3v) is 5.48. The van der Waals surface area contributed by atoms with E-state index in [0.29, 0.717) is 27.5 Å². The van der Waals surface area contributed by atoms with Crippen LogP contribution in [-0.2, 0) is 10.0 Å². The van der Waals surface area contributed by atoms with Gasteiger partial charge in [0, 0.05) is 15.8 Å². The molecule has 0 radical (unpaired) electrons. The first-order valence-electron chi connectivity index (χ1n) is 7.91. The molecule has 1 aliphatic rings. The van der Waals surface area contributed by atoms with Gasteiger partial charge in [-0.05, 0) is 25.1 Å². The van der Waals surface area contributed by atoms with Gasteiger partial charge in [0.1, 0.15) is 10.7 Å². The lowest BCUT2D eigenvalue weighted by atomic mass is 10.2. The minimum atomic E-state index is -3.48. The van der Waals surface area contributed by atoms with Crippen molar-refractivity contribution < 1.29 is 8.42 Å². The minimum Gasteiger partial charge on any atom is -0.321 e. The Hall–Kier alpha value is -3.31. The van der Waals surface area contributed by atoms with Gasteiger partial charge in [-0.15, -0.1) is 0 Å². The van der Waals surface area contributed by atoms with E-state index in [2.05, 4.69) is 30.1 Å². The molecule has 0 bridgehead atoms. The van der Waals surface area contributed by atoms with Crippen molar-refractivity contribution in [3.63, 3.8) is 0 Å². The first kappa shape index (κ1) is 19.5. The zero-order chi connectivity index (χ0) is 20.3. The van der Waals surface area contributed by atoms with Gasteiger partial charge in [0.05, 0.1) is 5.69 Å². The van der Waals surface area contributed by atoms with Gasteiger partial charge in [-0.3, -0.25) is 14.9 Å². The lowest BCUT2D eigenvalue weighted by Gasteiger charge is -2.15. The van der Waals surface area contributed by atoms with Crippen molar-refractivity contribution in [1.82, 2.24) is 14.9 Å². The number of amidine groups is 1. The Kier molecular flexibility index (Phi) is 5.38. The summed E-state index contributed by atoms with van der Waals surface area (Å²) in [5.74, 6) is 10.8. The van der Waals surface area contributed by atoms with Crippen LogP contribution in [0.25, 0.3) is 10.8 Å². The summed E-state index contributed by atoms with van der Waals surface area (Å²) >= 11 is 5.70. The van der Waals surface area contributed by atoms with Gasteiger partial charge in [-0.1, -0.05) is 35.9 Å². The van der Waals surface area contributed by atoms with E-state index in [1.165, 1.54) is 6.07 Å². The van der Waals surface area contributed by atoms with Crippen LogP contribution in [-0.4, -0.2) is 24.5 Å². The van der Waals surface area contributed by atoms with Crippen LogP contribution in [0.1, 0.15) is 6.92 Å². The molecule has 146 valence electrons. The van der Waals surface area contributed by atoms with Crippen molar-refractivity contribution in [3.8, 4) is 0 Å². The van der Waals surface area contributed by atoms with Gasteiger partial charge in [-0.25, -0.2) is 13.4 Å². The molecule has 0 unspecified atom stereocenters. The summed E-state index contributed by atoms with van der Waals surface area (Å²) in [6, 6.07) is 12.1. The molecule has 1 aliphatic heterocycles. The summed E-state index contributed by atoms with van der Waals surface area (Å²) in [5.41, 5.74) is 1.55. The Morgan fingerprint density at radius 3 is 2.11 bits per heavy atom.